The van der Waals surface area contributed by atoms with Crippen molar-refractivity contribution in [2.75, 3.05) is 11.9 Å². The number of rotatable bonds is 4. The Hall–Kier alpha value is -0.910. The number of ketones is 1. The molecule has 6 heteroatoms. The van der Waals surface area contributed by atoms with Gasteiger partial charge < -0.3 is 10.1 Å². The van der Waals surface area contributed by atoms with Crippen molar-refractivity contribution in [2.24, 2.45) is 5.92 Å². The lowest BCUT2D eigenvalue weighted by Crippen LogP contribution is -2.21. The largest absolute Gasteiger partial charge is 0.462 e. The van der Waals surface area contributed by atoms with Gasteiger partial charge in [-0.1, -0.05) is 15.9 Å². The summed E-state index contributed by atoms with van der Waals surface area (Å²) in [5.41, 5.74) is -0.318. The van der Waals surface area contributed by atoms with Crippen LogP contribution < -0.4 is 5.32 Å². The molecule has 1 heterocycles. The Morgan fingerprint density at radius 1 is 1.56 bits per heavy atom. The van der Waals surface area contributed by atoms with Gasteiger partial charge in [-0.05, 0) is 27.2 Å². The van der Waals surface area contributed by atoms with E-state index in [4.69, 9.17) is 0 Å². The third-order valence-electron chi connectivity index (χ3n) is 2.19. The Balaban J connectivity index is 0.000000360. The van der Waals surface area contributed by atoms with E-state index in [-0.39, 0.29) is 23.2 Å². The summed E-state index contributed by atoms with van der Waals surface area (Å²) in [6.45, 7) is 6.64. The van der Waals surface area contributed by atoms with Crippen LogP contribution in [0.15, 0.2) is 0 Å². The molecule has 0 aromatic rings. The molecule has 1 unspecified atom stereocenters. The number of ether oxygens (including phenoxy) is 1. The van der Waals surface area contributed by atoms with E-state index in [1.54, 1.807) is 0 Å². The molecule has 0 bridgehead atoms. The van der Waals surface area contributed by atoms with Crippen molar-refractivity contribution in [1.29, 1.82) is 0 Å². The first-order chi connectivity index (χ1) is 8.30. The van der Waals surface area contributed by atoms with Crippen LogP contribution in [-0.4, -0.2) is 35.6 Å². The van der Waals surface area contributed by atoms with E-state index < -0.39 is 0 Å². The van der Waals surface area contributed by atoms with E-state index in [1.165, 1.54) is 0 Å². The van der Waals surface area contributed by atoms with Crippen LogP contribution in [0, 0.1) is 5.92 Å². The second-order valence-electron chi connectivity index (χ2n) is 4.98. The molecule has 1 aliphatic rings. The molecule has 1 aliphatic heterocycles. The summed E-state index contributed by atoms with van der Waals surface area (Å²) in [6, 6.07) is 0. The monoisotopic (exact) mass is 321 g/mol. The van der Waals surface area contributed by atoms with Gasteiger partial charge in [-0.15, -0.1) is 0 Å². The highest BCUT2D eigenvalue weighted by Gasteiger charge is 2.25. The molecule has 0 saturated carbocycles. The van der Waals surface area contributed by atoms with Gasteiger partial charge in [-0.25, -0.2) is 0 Å². The highest BCUT2D eigenvalue weighted by atomic mass is 79.9. The summed E-state index contributed by atoms with van der Waals surface area (Å²) in [5, 5.41) is 3.05. The van der Waals surface area contributed by atoms with Crippen LogP contribution in [0.2, 0.25) is 0 Å². The van der Waals surface area contributed by atoms with E-state index in [0.29, 0.717) is 18.2 Å². The highest BCUT2D eigenvalue weighted by Crippen LogP contribution is 2.14. The number of halogens is 1. The quantitative estimate of drug-likeness (QED) is 0.628. The number of hydrogen-bond acceptors (Lipinski definition) is 4. The Labute approximate surface area is 116 Å². The second-order valence-corrected chi connectivity index (χ2v) is 5.54. The lowest BCUT2D eigenvalue weighted by Gasteiger charge is -2.14. The predicted octanol–water partition coefficient (Wildman–Crippen LogP) is 1.43. The Morgan fingerprint density at radius 3 is 2.44 bits per heavy atom. The molecular formula is C12H20BrNO4. The molecule has 0 aromatic heterocycles. The van der Waals surface area contributed by atoms with Gasteiger partial charge in [0.15, 0.2) is 0 Å². The molecule has 5 nitrogen and oxygen atoms in total. The summed E-state index contributed by atoms with van der Waals surface area (Å²) < 4.78 is 4.55. The first kappa shape index (κ1) is 17.1. The fourth-order valence-corrected chi connectivity index (χ4v) is 1.54. The maximum Gasteiger partial charge on any atom is 0.293 e. The average molecular weight is 322 g/mol. The highest BCUT2D eigenvalue weighted by molar-refractivity contribution is 9.09. The van der Waals surface area contributed by atoms with Crippen molar-refractivity contribution in [3.05, 3.63) is 0 Å². The van der Waals surface area contributed by atoms with Crippen LogP contribution in [0.5, 0.6) is 0 Å². The van der Waals surface area contributed by atoms with Crippen LogP contribution >= 0.6 is 15.9 Å². The molecule has 1 atom stereocenters. The van der Waals surface area contributed by atoms with Crippen molar-refractivity contribution in [3.8, 4) is 0 Å². The SMILES string of the molecule is CC(C)(C)OC=O.O=C(CBr)CC1CCNC1=O. The van der Waals surface area contributed by atoms with Gasteiger partial charge in [0.2, 0.25) is 5.91 Å². The third-order valence-corrected chi connectivity index (χ3v) is 2.81. The zero-order valence-corrected chi connectivity index (χ0v) is 12.6. The zero-order chi connectivity index (χ0) is 14.2. The molecule has 1 amide bonds. The van der Waals surface area contributed by atoms with Crippen LogP contribution in [-0.2, 0) is 19.1 Å². The molecule has 0 aliphatic carbocycles. The number of alkyl halides is 1. The van der Waals surface area contributed by atoms with Gasteiger partial charge in [-0.3, -0.25) is 14.4 Å². The van der Waals surface area contributed by atoms with Crippen molar-refractivity contribution in [2.45, 2.75) is 39.2 Å². The molecule has 1 saturated heterocycles. The molecule has 0 aromatic carbocycles. The second kappa shape index (κ2) is 8.24. The minimum Gasteiger partial charge on any atom is -0.462 e. The lowest BCUT2D eigenvalue weighted by atomic mass is 10.0. The van der Waals surface area contributed by atoms with Gasteiger partial charge >= 0.3 is 0 Å². The summed E-state index contributed by atoms with van der Waals surface area (Å²) in [6.07, 6.45) is 1.19. The molecule has 18 heavy (non-hydrogen) atoms. The maximum absolute atomic E-state index is 10.9. The smallest absolute Gasteiger partial charge is 0.293 e. The number of amides is 1. The third kappa shape index (κ3) is 8.22. The van der Waals surface area contributed by atoms with E-state index in [1.807, 2.05) is 20.8 Å². The topological polar surface area (TPSA) is 72.5 Å². The Bertz CT molecular complexity index is 299. The normalized spacial score (nSPS) is 18.4. The van der Waals surface area contributed by atoms with E-state index in [2.05, 4.69) is 26.0 Å². The number of carbonyl (C=O) groups is 3. The fourth-order valence-electron chi connectivity index (χ4n) is 1.31. The first-order valence-corrected chi connectivity index (χ1v) is 6.89. The van der Waals surface area contributed by atoms with Crippen LogP contribution in [0.1, 0.15) is 33.6 Å². The number of nitrogens with one attached hydrogen (secondary N) is 1. The summed E-state index contributed by atoms with van der Waals surface area (Å²) >= 11 is 3.06. The fraction of sp³-hybridized carbons (Fsp3) is 0.750. The van der Waals surface area contributed by atoms with Crippen molar-refractivity contribution >= 4 is 34.1 Å². The molecule has 1 fully saturated rings. The molecule has 104 valence electrons. The van der Waals surface area contributed by atoms with Crippen LogP contribution in [0.4, 0.5) is 0 Å². The Morgan fingerprint density at radius 2 is 2.17 bits per heavy atom. The first-order valence-electron chi connectivity index (χ1n) is 5.77. The molecule has 1 N–H and O–H groups in total. The molecule has 1 rings (SSSR count). The minimum absolute atomic E-state index is 0.0271. The number of Topliss-reactive ketones (excluding diaryl/α,β-unsaturated/α-hetero) is 1. The minimum atomic E-state index is -0.318. The van der Waals surface area contributed by atoms with Crippen molar-refractivity contribution in [1.82, 2.24) is 5.32 Å². The zero-order valence-electron chi connectivity index (χ0n) is 11.0. The predicted molar refractivity (Wildman–Crippen MR) is 71.4 cm³/mol. The molecule has 0 radical (unpaired) electrons. The average Bonchev–Trinajstić information content (AvgIpc) is 2.63. The van der Waals surface area contributed by atoms with Gasteiger partial charge in [0, 0.05) is 18.9 Å². The van der Waals surface area contributed by atoms with E-state index >= 15 is 0 Å². The van der Waals surface area contributed by atoms with E-state index in [9.17, 15) is 14.4 Å². The van der Waals surface area contributed by atoms with E-state index in [0.717, 1.165) is 13.0 Å². The molecule has 0 spiro atoms. The van der Waals surface area contributed by atoms with Gasteiger partial charge in [-0.2, -0.15) is 0 Å². The van der Waals surface area contributed by atoms with Crippen molar-refractivity contribution in [3.63, 3.8) is 0 Å². The standard InChI is InChI=1S/C7H10BrNO2.C5H10O2/c8-4-6(10)3-5-1-2-9-7(5)11;1-5(2,3)7-4-6/h5H,1-4H2,(H,9,11);4H,1-3H3. The van der Waals surface area contributed by atoms with Crippen LogP contribution in [0.25, 0.3) is 0 Å². The van der Waals surface area contributed by atoms with Crippen LogP contribution in [0.3, 0.4) is 0 Å². The van der Waals surface area contributed by atoms with Gasteiger partial charge in [0.1, 0.15) is 11.4 Å². The summed E-state index contributed by atoms with van der Waals surface area (Å²) in [7, 11) is 0. The lowest BCUT2D eigenvalue weighted by molar-refractivity contribution is -0.138. The van der Waals surface area contributed by atoms with Gasteiger partial charge in [0.05, 0.1) is 5.33 Å². The van der Waals surface area contributed by atoms with Gasteiger partial charge in [0.25, 0.3) is 6.47 Å². The maximum atomic E-state index is 10.9. The van der Waals surface area contributed by atoms with Crippen molar-refractivity contribution < 1.29 is 19.1 Å². The Kier molecular flexibility index (Phi) is 7.82. The molecular weight excluding hydrogens is 302 g/mol. The number of hydrogen-bond donors (Lipinski definition) is 1. The summed E-state index contributed by atoms with van der Waals surface area (Å²) in [4.78, 5) is 31.4. The number of carbonyl (C=O) groups excluding carboxylic acids is 3. The summed E-state index contributed by atoms with van der Waals surface area (Å²) in [5.74, 6) is 0.0615.